The number of hydrogen-bond donors (Lipinski definition) is 0. The minimum atomic E-state index is -3.59. The number of para-hydroxylation sites is 1. The van der Waals surface area contributed by atoms with Crippen LogP contribution >= 0.6 is 35.2 Å². The Morgan fingerprint density at radius 3 is 2.81 bits per heavy atom. The number of benzene rings is 1. The van der Waals surface area contributed by atoms with Crippen LogP contribution in [-0.2, 0) is 14.8 Å². The number of sulfonamides is 1. The largest absolute Gasteiger partial charge is 0.450 e. The van der Waals surface area contributed by atoms with Gasteiger partial charge in [0.1, 0.15) is 9.96 Å². The number of fused-ring (bicyclic) bond motifs is 1. The van der Waals surface area contributed by atoms with Crippen LogP contribution in [0.3, 0.4) is 0 Å². The number of thiophene rings is 1. The summed E-state index contributed by atoms with van der Waals surface area (Å²) in [5.41, 5.74) is 0.615. The van der Waals surface area contributed by atoms with Crippen molar-refractivity contribution in [2.24, 2.45) is 0 Å². The molecule has 1 aliphatic rings. The summed E-state index contributed by atoms with van der Waals surface area (Å²) >= 11 is 12.7. The number of ether oxygens (including phenoxy) is 2. The maximum atomic E-state index is 12.9. The SMILES string of the molecule is COCCCN1CC(C(=S)Oc2ccccc2)c2cc(Cl)sc2S1(=O)=O. The van der Waals surface area contributed by atoms with Crippen molar-refractivity contribution >= 4 is 50.2 Å². The molecule has 140 valence electrons. The first-order valence-corrected chi connectivity index (χ1v) is 11.0. The number of nitrogens with zero attached hydrogens (tertiary/aromatic N) is 1. The average Bonchev–Trinajstić information content (AvgIpc) is 3.00. The molecule has 0 N–H and O–H groups in total. The summed E-state index contributed by atoms with van der Waals surface area (Å²) in [6, 6.07) is 10.9. The first-order valence-electron chi connectivity index (χ1n) is 7.98. The van der Waals surface area contributed by atoms with Crippen molar-refractivity contribution in [1.82, 2.24) is 4.31 Å². The molecular weight excluding hydrogens is 414 g/mol. The number of methoxy groups -OCH3 is 1. The topological polar surface area (TPSA) is 55.8 Å². The fraction of sp³-hybridized carbons (Fsp3) is 0.353. The van der Waals surface area contributed by atoms with E-state index in [1.165, 1.54) is 4.31 Å². The van der Waals surface area contributed by atoms with Gasteiger partial charge in [0, 0.05) is 26.8 Å². The Balaban J connectivity index is 1.90. The molecule has 1 aliphatic heterocycles. The second kappa shape index (κ2) is 8.33. The van der Waals surface area contributed by atoms with Gasteiger partial charge in [-0.1, -0.05) is 29.8 Å². The van der Waals surface area contributed by atoms with E-state index in [4.69, 9.17) is 33.3 Å². The van der Waals surface area contributed by atoms with E-state index >= 15 is 0 Å². The molecule has 2 aromatic rings. The van der Waals surface area contributed by atoms with E-state index in [0.717, 1.165) is 11.3 Å². The molecule has 26 heavy (non-hydrogen) atoms. The maximum Gasteiger partial charge on any atom is 0.252 e. The Labute approximate surface area is 167 Å². The van der Waals surface area contributed by atoms with Crippen LogP contribution in [0.1, 0.15) is 17.9 Å². The monoisotopic (exact) mass is 431 g/mol. The van der Waals surface area contributed by atoms with E-state index in [2.05, 4.69) is 0 Å². The summed E-state index contributed by atoms with van der Waals surface area (Å²) in [7, 11) is -1.99. The lowest BCUT2D eigenvalue weighted by Gasteiger charge is -2.32. The Bertz CT molecular complexity index is 883. The summed E-state index contributed by atoms with van der Waals surface area (Å²) in [4.78, 5) is 0. The molecule has 1 unspecified atom stereocenters. The van der Waals surface area contributed by atoms with Gasteiger partial charge in [-0.2, -0.15) is 4.31 Å². The van der Waals surface area contributed by atoms with Crippen LogP contribution in [-0.4, -0.2) is 44.6 Å². The van der Waals surface area contributed by atoms with E-state index < -0.39 is 10.0 Å². The summed E-state index contributed by atoms with van der Waals surface area (Å²) in [5.74, 6) is 0.273. The standard InChI is InChI=1S/C17H18ClNO4S3/c1-22-9-5-8-19-11-14(16(24)23-12-6-3-2-4-7-12)13-10-15(18)25-17(13)26(19,20)21/h2-4,6-7,10,14H,5,8-9,11H2,1H3. The van der Waals surface area contributed by atoms with Gasteiger partial charge < -0.3 is 9.47 Å². The highest BCUT2D eigenvalue weighted by Gasteiger charge is 2.41. The second-order valence-electron chi connectivity index (χ2n) is 5.79. The molecule has 1 atom stereocenters. The Kier molecular flexibility index (Phi) is 6.32. The minimum absolute atomic E-state index is 0.234. The van der Waals surface area contributed by atoms with Crippen LogP contribution in [0.5, 0.6) is 5.75 Å². The van der Waals surface area contributed by atoms with Crippen molar-refractivity contribution in [3.63, 3.8) is 0 Å². The Morgan fingerprint density at radius 1 is 1.38 bits per heavy atom. The van der Waals surface area contributed by atoms with Crippen molar-refractivity contribution in [2.45, 2.75) is 16.5 Å². The van der Waals surface area contributed by atoms with Gasteiger partial charge in [-0.25, -0.2) is 8.42 Å². The molecule has 2 heterocycles. The first kappa shape index (κ1) is 19.7. The van der Waals surface area contributed by atoms with E-state index in [0.29, 0.717) is 40.3 Å². The van der Waals surface area contributed by atoms with Gasteiger partial charge in [0.15, 0.2) is 5.05 Å². The summed E-state index contributed by atoms with van der Waals surface area (Å²) in [6.45, 7) is 1.08. The zero-order valence-electron chi connectivity index (χ0n) is 14.1. The smallest absolute Gasteiger partial charge is 0.252 e. The third kappa shape index (κ3) is 4.11. The Morgan fingerprint density at radius 2 is 2.12 bits per heavy atom. The van der Waals surface area contributed by atoms with Crippen molar-refractivity contribution < 1.29 is 17.9 Å². The van der Waals surface area contributed by atoms with Gasteiger partial charge in [0.25, 0.3) is 10.0 Å². The highest BCUT2D eigenvalue weighted by atomic mass is 35.5. The number of rotatable bonds is 6. The maximum absolute atomic E-state index is 12.9. The van der Waals surface area contributed by atoms with Crippen LogP contribution < -0.4 is 4.74 Å². The van der Waals surface area contributed by atoms with E-state index in [-0.39, 0.29) is 16.7 Å². The Hall–Kier alpha value is -1.03. The molecule has 0 amide bonds. The quantitative estimate of drug-likeness (QED) is 0.512. The molecule has 0 aliphatic carbocycles. The van der Waals surface area contributed by atoms with Crippen LogP contribution in [0.25, 0.3) is 0 Å². The zero-order valence-corrected chi connectivity index (χ0v) is 17.3. The lowest BCUT2D eigenvalue weighted by Crippen LogP contribution is -2.42. The molecule has 0 bridgehead atoms. The van der Waals surface area contributed by atoms with Crippen LogP contribution in [0.15, 0.2) is 40.6 Å². The normalized spacial score (nSPS) is 19.1. The van der Waals surface area contributed by atoms with Gasteiger partial charge in [-0.3, -0.25) is 0 Å². The molecule has 1 aromatic heterocycles. The zero-order chi connectivity index (χ0) is 18.7. The molecule has 0 spiro atoms. The van der Waals surface area contributed by atoms with Gasteiger partial charge >= 0.3 is 0 Å². The lowest BCUT2D eigenvalue weighted by atomic mass is 10.0. The first-order chi connectivity index (χ1) is 12.4. The molecule has 5 nitrogen and oxygen atoms in total. The predicted octanol–water partition coefficient (Wildman–Crippen LogP) is 3.93. The number of halogens is 1. The molecular formula is C17H18ClNO4S3. The third-order valence-corrected chi connectivity index (χ3v) is 8.07. The molecule has 3 rings (SSSR count). The van der Waals surface area contributed by atoms with Crippen molar-refractivity contribution in [3.05, 3.63) is 46.3 Å². The average molecular weight is 432 g/mol. The highest BCUT2D eigenvalue weighted by Crippen LogP contribution is 2.42. The van der Waals surface area contributed by atoms with Gasteiger partial charge in [-0.15, -0.1) is 11.3 Å². The number of thiocarbonyl (C=S) groups is 1. The van der Waals surface area contributed by atoms with Crippen LogP contribution in [0.4, 0.5) is 0 Å². The molecule has 0 saturated carbocycles. The van der Waals surface area contributed by atoms with E-state index in [9.17, 15) is 8.42 Å². The third-order valence-electron chi connectivity index (χ3n) is 4.03. The lowest BCUT2D eigenvalue weighted by molar-refractivity contribution is 0.186. The molecule has 1 aromatic carbocycles. The fourth-order valence-corrected chi connectivity index (χ4v) is 6.72. The van der Waals surface area contributed by atoms with Gasteiger partial charge in [0.05, 0.1) is 10.3 Å². The molecule has 0 radical (unpaired) electrons. The molecule has 9 heteroatoms. The van der Waals surface area contributed by atoms with Crippen molar-refractivity contribution in [1.29, 1.82) is 0 Å². The van der Waals surface area contributed by atoms with Gasteiger partial charge in [-0.05, 0) is 42.4 Å². The molecule has 0 saturated heterocycles. The van der Waals surface area contributed by atoms with Crippen LogP contribution in [0, 0.1) is 0 Å². The summed E-state index contributed by atoms with van der Waals surface area (Å²) < 4.78 is 38.7. The van der Waals surface area contributed by atoms with E-state index in [1.807, 2.05) is 30.3 Å². The van der Waals surface area contributed by atoms with Crippen molar-refractivity contribution in [3.8, 4) is 5.75 Å². The minimum Gasteiger partial charge on any atom is -0.450 e. The predicted molar refractivity (Wildman–Crippen MR) is 107 cm³/mol. The fourth-order valence-electron chi connectivity index (χ4n) is 2.79. The second-order valence-corrected chi connectivity index (χ2v) is 10.0. The molecule has 0 fully saturated rings. The van der Waals surface area contributed by atoms with Crippen LogP contribution in [0.2, 0.25) is 4.34 Å². The van der Waals surface area contributed by atoms with E-state index in [1.54, 1.807) is 13.2 Å². The van der Waals surface area contributed by atoms with Crippen molar-refractivity contribution in [2.75, 3.05) is 26.8 Å². The number of hydrogen-bond acceptors (Lipinski definition) is 6. The summed E-state index contributed by atoms with van der Waals surface area (Å²) in [6.07, 6.45) is 0.600. The van der Waals surface area contributed by atoms with Gasteiger partial charge in [0.2, 0.25) is 0 Å². The highest BCUT2D eigenvalue weighted by molar-refractivity contribution is 7.91. The summed E-state index contributed by atoms with van der Waals surface area (Å²) in [5, 5.41) is 0.332.